The van der Waals surface area contributed by atoms with Gasteiger partial charge in [0.15, 0.2) is 0 Å². The number of phosphoric acid groups is 1. The van der Waals surface area contributed by atoms with Crippen molar-refractivity contribution in [3.63, 3.8) is 0 Å². The molecular formula is C64H118N2O7P+. The number of unbranched alkanes of at least 4 members (excludes halogenated alkanes) is 29. The second-order valence-corrected chi connectivity index (χ2v) is 23.3. The van der Waals surface area contributed by atoms with E-state index in [0.29, 0.717) is 17.4 Å². The fourth-order valence-corrected chi connectivity index (χ4v) is 9.30. The number of nitrogens with zero attached hydrogens (tertiary/aromatic N) is 1. The molecule has 0 heterocycles. The van der Waals surface area contributed by atoms with Crippen molar-refractivity contribution in [2.45, 2.75) is 283 Å². The van der Waals surface area contributed by atoms with Gasteiger partial charge in [0.05, 0.1) is 33.8 Å². The number of carbonyl (C=O) groups excluding carboxylic acids is 2. The van der Waals surface area contributed by atoms with Crippen LogP contribution in [0.3, 0.4) is 0 Å². The number of likely N-dealkylation sites (N-methyl/N-ethyl adjacent to an activating group) is 1. The van der Waals surface area contributed by atoms with Gasteiger partial charge in [-0.15, -0.1) is 0 Å². The van der Waals surface area contributed by atoms with Gasteiger partial charge < -0.3 is 19.4 Å². The Labute approximate surface area is 457 Å². The average Bonchev–Trinajstić information content (AvgIpc) is 3.36. The van der Waals surface area contributed by atoms with E-state index in [2.05, 4.69) is 86.8 Å². The summed E-state index contributed by atoms with van der Waals surface area (Å²) in [7, 11) is 1.48. The SMILES string of the molecule is CCCCC/C=C\C/C=C\C/C=C\C/C=C\CCCCCCCCCC(=O)OC(/C=C\CCCCCCCCCCCC)C(COP(=O)(O)OCC[N+](C)(C)C)NC(=O)CCCCC/C=C\CCCCCCCC. The zero-order valence-corrected chi connectivity index (χ0v) is 50.0. The van der Waals surface area contributed by atoms with Crippen molar-refractivity contribution in [3.8, 4) is 0 Å². The Bertz CT molecular complexity index is 1500. The molecule has 0 aromatic rings. The molecule has 0 aliphatic heterocycles. The Morgan fingerprint density at radius 3 is 1.28 bits per heavy atom. The lowest BCUT2D eigenvalue weighted by Gasteiger charge is -2.27. The molecule has 0 fully saturated rings. The molecule has 430 valence electrons. The molecular weight excluding hydrogens is 940 g/mol. The van der Waals surface area contributed by atoms with E-state index < -0.39 is 20.0 Å². The largest absolute Gasteiger partial charge is 0.472 e. The highest BCUT2D eigenvalue weighted by molar-refractivity contribution is 7.47. The van der Waals surface area contributed by atoms with Crippen LogP contribution in [0.1, 0.15) is 271 Å². The van der Waals surface area contributed by atoms with Crippen LogP contribution in [-0.4, -0.2) is 74.3 Å². The molecule has 9 nitrogen and oxygen atoms in total. The molecule has 2 N–H and O–H groups in total. The molecule has 10 heteroatoms. The lowest BCUT2D eigenvalue weighted by Crippen LogP contribution is -2.47. The van der Waals surface area contributed by atoms with Crippen LogP contribution < -0.4 is 5.32 Å². The molecule has 0 saturated carbocycles. The third-order valence-electron chi connectivity index (χ3n) is 13.4. The molecule has 3 atom stereocenters. The summed E-state index contributed by atoms with van der Waals surface area (Å²) >= 11 is 0. The van der Waals surface area contributed by atoms with Crippen LogP contribution in [0.5, 0.6) is 0 Å². The summed E-state index contributed by atoms with van der Waals surface area (Å²) in [6.45, 7) is 6.96. The number of amides is 1. The van der Waals surface area contributed by atoms with E-state index in [1.54, 1.807) is 0 Å². The highest BCUT2D eigenvalue weighted by atomic mass is 31.2. The summed E-state index contributed by atoms with van der Waals surface area (Å²) in [6, 6.07) is -0.862. The predicted molar refractivity (Wildman–Crippen MR) is 318 cm³/mol. The van der Waals surface area contributed by atoms with Gasteiger partial charge >= 0.3 is 13.8 Å². The highest BCUT2D eigenvalue weighted by Gasteiger charge is 2.30. The van der Waals surface area contributed by atoms with Crippen molar-refractivity contribution in [1.29, 1.82) is 0 Å². The van der Waals surface area contributed by atoms with Crippen LogP contribution in [0.4, 0.5) is 0 Å². The Hall–Kier alpha value is -2.55. The van der Waals surface area contributed by atoms with Crippen molar-refractivity contribution in [3.05, 3.63) is 72.9 Å². The number of hydrogen-bond donors (Lipinski definition) is 2. The monoisotopic (exact) mass is 1060 g/mol. The number of phosphoric ester groups is 1. The van der Waals surface area contributed by atoms with E-state index in [1.165, 1.54) is 135 Å². The van der Waals surface area contributed by atoms with Crippen molar-refractivity contribution in [2.24, 2.45) is 0 Å². The third kappa shape index (κ3) is 54.2. The van der Waals surface area contributed by atoms with Gasteiger partial charge in [-0.1, -0.05) is 229 Å². The first-order chi connectivity index (χ1) is 35.9. The van der Waals surface area contributed by atoms with Crippen molar-refractivity contribution < 1.29 is 37.3 Å². The molecule has 0 aromatic heterocycles. The van der Waals surface area contributed by atoms with Gasteiger partial charge in [0.1, 0.15) is 19.3 Å². The van der Waals surface area contributed by atoms with Crippen LogP contribution in [0.25, 0.3) is 0 Å². The average molecular weight is 1060 g/mol. The first-order valence-electron chi connectivity index (χ1n) is 30.8. The smallest absolute Gasteiger partial charge is 0.456 e. The molecule has 0 aromatic carbocycles. The van der Waals surface area contributed by atoms with E-state index >= 15 is 0 Å². The van der Waals surface area contributed by atoms with E-state index in [4.69, 9.17) is 13.8 Å². The molecule has 1 amide bonds. The lowest BCUT2D eigenvalue weighted by atomic mass is 10.0. The maximum Gasteiger partial charge on any atom is 0.472 e. The van der Waals surface area contributed by atoms with Crippen LogP contribution in [0, 0.1) is 0 Å². The normalized spacial score (nSPS) is 14.2. The minimum absolute atomic E-state index is 0.0336. The minimum atomic E-state index is -4.45. The van der Waals surface area contributed by atoms with Crippen molar-refractivity contribution >= 4 is 19.7 Å². The number of ether oxygens (including phenoxy) is 1. The van der Waals surface area contributed by atoms with Crippen LogP contribution in [0.2, 0.25) is 0 Å². The minimum Gasteiger partial charge on any atom is -0.456 e. The number of carbonyl (C=O) groups is 2. The van der Waals surface area contributed by atoms with Gasteiger partial charge in [-0.05, 0) is 102 Å². The van der Waals surface area contributed by atoms with Crippen LogP contribution >= 0.6 is 7.82 Å². The van der Waals surface area contributed by atoms with E-state index in [-0.39, 0.29) is 31.5 Å². The number of nitrogens with one attached hydrogen (secondary N) is 1. The molecule has 0 aliphatic carbocycles. The Kier molecular flexibility index (Phi) is 52.0. The highest BCUT2D eigenvalue weighted by Crippen LogP contribution is 2.43. The molecule has 3 unspecified atom stereocenters. The van der Waals surface area contributed by atoms with Gasteiger partial charge in [-0.3, -0.25) is 18.6 Å². The second-order valence-electron chi connectivity index (χ2n) is 21.9. The first-order valence-corrected chi connectivity index (χ1v) is 32.3. The number of allylic oxidation sites excluding steroid dienone is 11. The van der Waals surface area contributed by atoms with E-state index in [9.17, 15) is 19.0 Å². The van der Waals surface area contributed by atoms with E-state index in [1.807, 2.05) is 33.3 Å². The number of quaternary nitrogens is 1. The Morgan fingerprint density at radius 1 is 0.473 bits per heavy atom. The fraction of sp³-hybridized carbons (Fsp3) is 0.781. The molecule has 0 rings (SSSR count). The summed E-state index contributed by atoms with van der Waals surface area (Å²) < 4.78 is 30.6. The molecule has 0 radical (unpaired) electrons. The standard InChI is InChI=1S/C64H117N2O7P/c1-7-10-13-16-19-22-25-28-29-30-31-32-33-34-35-36-37-39-42-45-48-51-54-57-64(68)73-62(55-52-49-46-43-40-27-24-21-18-15-12-9-3)61(60-72-74(69,70)71-59-58-66(4,5)6)65-63(67)56-53-50-47-44-41-38-26-23-20-17-14-11-8-2/h19,22,28-29,31-32,34-35,38,41,52,55,61-62H,7-18,20-21,23-27,30,33,36-37,39-40,42-51,53-54,56-60H2,1-6H3,(H-,65,67,69,70)/p+1/b22-19-,29-28-,32-31-,35-34-,41-38-,55-52-. The van der Waals surface area contributed by atoms with Gasteiger partial charge in [-0.25, -0.2) is 4.57 Å². The molecule has 74 heavy (non-hydrogen) atoms. The van der Waals surface area contributed by atoms with Crippen LogP contribution in [0.15, 0.2) is 72.9 Å². The van der Waals surface area contributed by atoms with Crippen molar-refractivity contribution in [1.82, 2.24) is 5.32 Å². The predicted octanol–water partition coefficient (Wildman–Crippen LogP) is 18.8. The second kappa shape index (κ2) is 53.8. The third-order valence-corrected chi connectivity index (χ3v) is 14.4. The van der Waals surface area contributed by atoms with Gasteiger partial charge in [0, 0.05) is 12.8 Å². The number of hydrogen-bond acceptors (Lipinski definition) is 6. The summed E-state index contributed by atoms with van der Waals surface area (Å²) in [4.78, 5) is 37.6. The van der Waals surface area contributed by atoms with E-state index in [0.717, 1.165) is 103 Å². The first kappa shape index (κ1) is 71.5. The molecule has 0 aliphatic rings. The molecule has 0 saturated heterocycles. The maximum atomic E-state index is 13.5. The van der Waals surface area contributed by atoms with Crippen LogP contribution in [-0.2, 0) is 27.9 Å². The molecule has 0 bridgehead atoms. The topological polar surface area (TPSA) is 111 Å². The Balaban J connectivity index is 5.24. The quantitative estimate of drug-likeness (QED) is 0.0205. The van der Waals surface area contributed by atoms with Gasteiger partial charge in [0.25, 0.3) is 0 Å². The summed E-state index contributed by atoms with van der Waals surface area (Å²) in [6.07, 6.45) is 69.0. The van der Waals surface area contributed by atoms with Gasteiger partial charge in [-0.2, -0.15) is 0 Å². The summed E-state index contributed by atoms with van der Waals surface area (Å²) in [5, 5.41) is 3.04. The zero-order valence-electron chi connectivity index (χ0n) is 49.1. The zero-order chi connectivity index (χ0) is 54.3. The number of esters is 1. The number of rotatable bonds is 55. The summed E-state index contributed by atoms with van der Waals surface area (Å²) in [5.41, 5.74) is 0. The van der Waals surface area contributed by atoms with Gasteiger partial charge in [0.2, 0.25) is 5.91 Å². The van der Waals surface area contributed by atoms with Crippen molar-refractivity contribution in [2.75, 3.05) is 40.9 Å². The fourth-order valence-electron chi connectivity index (χ4n) is 8.56. The maximum absolute atomic E-state index is 13.5. The Morgan fingerprint density at radius 2 is 0.824 bits per heavy atom. The molecule has 0 spiro atoms. The lowest BCUT2D eigenvalue weighted by molar-refractivity contribution is -0.870. The summed E-state index contributed by atoms with van der Waals surface area (Å²) in [5.74, 6) is -0.535.